The molecular formula is C15H19NO5. The van der Waals surface area contributed by atoms with Gasteiger partial charge < -0.3 is 20.3 Å². The second-order valence-corrected chi connectivity index (χ2v) is 5.15. The van der Waals surface area contributed by atoms with Crippen LogP contribution >= 0.6 is 0 Å². The zero-order valence-corrected chi connectivity index (χ0v) is 11.8. The van der Waals surface area contributed by atoms with Crippen molar-refractivity contribution < 1.29 is 24.5 Å². The smallest absolute Gasteiger partial charge is 0.339 e. The summed E-state index contributed by atoms with van der Waals surface area (Å²) in [6.45, 7) is 2.58. The van der Waals surface area contributed by atoms with Crippen LogP contribution in [0, 0.1) is 5.92 Å². The van der Waals surface area contributed by atoms with E-state index in [2.05, 4.69) is 5.32 Å². The molecule has 21 heavy (non-hydrogen) atoms. The maximum absolute atomic E-state index is 12.2. The summed E-state index contributed by atoms with van der Waals surface area (Å²) in [4.78, 5) is 23.2. The summed E-state index contributed by atoms with van der Waals surface area (Å²) in [6, 6.07) is 4.00. The van der Waals surface area contributed by atoms with Crippen molar-refractivity contribution in [1.29, 1.82) is 0 Å². The molecule has 1 amide bonds. The molecule has 1 aliphatic heterocycles. The summed E-state index contributed by atoms with van der Waals surface area (Å²) in [7, 11) is 0. The highest BCUT2D eigenvalue weighted by Crippen LogP contribution is 2.25. The summed E-state index contributed by atoms with van der Waals surface area (Å²) < 4.78 is 5.53. The van der Waals surface area contributed by atoms with Crippen molar-refractivity contribution in [3.63, 3.8) is 0 Å². The summed E-state index contributed by atoms with van der Waals surface area (Å²) in [5.74, 6) is -1.83. The van der Waals surface area contributed by atoms with Gasteiger partial charge in [-0.15, -0.1) is 0 Å². The molecule has 0 radical (unpaired) electrons. The fourth-order valence-corrected chi connectivity index (χ4v) is 2.43. The third-order valence-electron chi connectivity index (χ3n) is 3.69. The van der Waals surface area contributed by atoms with Crippen molar-refractivity contribution in [2.75, 3.05) is 11.9 Å². The topological polar surface area (TPSA) is 95.9 Å². The average molecular weight is 293 g/mol. The van der Waals surface area contributed by atoms with Crippen LogP contribution < -0.4 is 5.32 Å². The van der Waals surface area contributed by atoms with Crippen LogP contribution in [0.2, 0.25) is 0 Å². The van der Waals surface area contributed by atoms with Gasteiger partial charge in [0.1, 0.15) is 11.3 Å². The first-order valence-electron chi connectivity index (χ1n) is 7.00. The van der Waals surface area contributed by atoms with Gasteiger partial charge in [0.05, 0.1) is 6.10 Å². The Labute approximate surface area is 122 Å². The summed E-state index contributed by atoms with van der Waals surface area (Å²) in [5, 5.41) is 21.1. The predicted octanol–water partition coefficient (Wildman–Crippen LogP) is 2.23. The van der Waals surface area contributed by atoms with Crippen molar-refractivity contribution >= 4 is 17.6 Å². The maximum Gasteiger partial charge on any atom is 0.339 e. The predicted molar refractivity (Wildman–Crippen MR) is 76.5 cm³/mol. The normalized spacial score (nSPS) is 21.8. The van der Waals surface area contributed by atoms with Crippen molar-refractivity contribution in [3.8, 4) is 5.75 Å². The number of ether oxygens (including phenoxy) is 1. The third kappa shape index (κ3) is 3.72. The van der Waals surface area contributed by atoms with Crippen LogP contribution in [0.1, 0.15) is 36.5 Å². The molecule has 1 aliphatic rings. The molecule has 1 heterocycles. The number of phenols is 1. The zero-order valence-electron chi connectivity index (χ0n) is 11.8. The molecule has 2 rings (SSSR count). The number of anilines is 1. The van der Waals surface area contributed by atoms with Crippen LogP contribution in [0.5, 0.6) is 5.75 Å². The third-order valence-corrected chi connectivity index (χ3v) is 3.69. The number of hydrogen-bond acceptors (Lipinski definition) is 4. The second-order valence-electron chi connectivity index (χ2n) is 5.15. The highest BCUT2D eigenvalue weighted by atomic mass is 16.5. The first-order chi connectivity index (χ1) is 10.0. The van der Waals surface area contributed by atoms with Gasteiger partial charge in [-0.1, -0.05) is 6.92 Å². The Balaban J connectivity index is 2.05. The number of carbonyl (C=O) groups is 2. The van der Waals surface area contributed by atoms with Gasteiger partial charge in [-0.05, 0) is 37.5 Å². The monoisotopic (exact) mass is 293 g/mol. The Hall–Kier alpha value is -2.08. The number of carboxylic acids is 1. The minimum atomic E-state index is -1.24. The Kier molecular flexibility index (Phi) is 4.80. The van der Waals surface area contributed by atoms with Crippen molar-refractivity contribution in [2.24, 2.45) is 5.92 Å². The Morgan fingerprint density at radius 3 is 2.86 bits per heavy atom. The summed E-state index contributed by atoms with van der Waals surface area (Å²) >= 11 is 0. The molecule has 0 aromatic heterocycles. The van der Waals surface area contributed by atoms with E-state index in [0.717, 1.165) is 6.42 Å². The standard InChI is InChI=1S/C15H19NO5/c1-2-11-7-9(5-6-21-11)14(18)16-10-3-4-13(17)12(8-10)15(19)20/h3-4,8-9,11,17H,2,5-7H2,1H3,(H,16,18)(H,19,20). The van der Waals surface area contributed by atoms with E-state index in [1.165, 1.54) is 18.2 Å². The van der Waals surface area contributed by atoms with Gasteiger partial charge in [-0.25, -0.2) is 4.79 Å². The lowest BCUT2D eigenvalue weighted by Crippen LogP contribution is -2.33. The highest BCUT2D eigenvalue weighted by molar-refractivity contribution is 5.96. The SMILES string of the molecule is CCC1CC(C(=O)Nc2ccc(O)c(C(=O)O)c2)CCO1. The molecule has 6 nitrogen and oxygen atoms in total. The van der Waals surface area contributed by atoms with Crippen LogP contribution in [0.4, 0.5) is 5.69 Å². The lowest BCUT2D eigenvalue weighted by Gasteiger charge is -2.28. The van der Waals surface area contributed by atoms with Crippen LogP contribution in [0.15, 0.2) is 18.2 Å². The molecule has 0 spiro atoms. The van der Waals surface area contributed by atoms with Gasteiger partial charge in [0, 0.05) is 18.2 Å². The Bertz CT molecular complexity index is 543. The van der Waals surface area contributed by atoms with Crippen LogP contribution in [-0.2, 0) is 9.53 Å². The first kappa shape index (κ1) is 15.3. The van der Waals surface area contributed by atoms with E-state index in [1.807, 2.05) is 6.92 Å². The minimum absolute atomic E-state index is 0.101. The van der Waals surface area contributed by atoms with Gasteiger partial charge in [-0.3, -0.25) is 4.79 Å². The first-order valence-corrected chi connectivity index (χ1v) is 7.00. The van der Waals surface area contributed by atoms with Gasteiger partial charge in [0.2, 0.25) is 5.91 Å². The lowest BCUT2D eigenvalue weighted by molar-refractivity contribution is -0.124. The number of hydrogen-bond donors (Lipinski definition) is 3. The fraction of sp³-hybridized carbons (Fsp3) is 0.467. The maximum atomic E-state index is 12.2. The van der Waals surface area contributed by atoms with E-state index in [4.69, 9.17) is 9.84 Å². The molecule has 1 saturated heterocycles. The van der Waals surface area contributed by atoms with E-state index in [1.54, 1.807) is 0 Å². The minimum Gasteiger partial charge on any atom is -0.507 e. The largest absolute Gasteiger partial charge is 0.507 e. The van der Waals surface area contributed by atoms with Crippen LogP contribution in [0.3, 0.4) is 0 Å². The van der Waals surface area contributed by atoms with Crippen molar-refractivity contribution in [2.45, 2.75) is 32.3 Å². The number of rotatable bonds is 4. The lowest BCUT2D eigenvalue weighted by atomic mass is 9.93. The molecule has 1 aromatic rings. The quantitative estimate of drug-likeness (QED) is 0.740. The number of aromatic carboxylic acids is 1. The van der Waals surface area contributed by atoms with Crippen LogP contribution in [0.25, 0.3) is 0 Å². The molecule has 0 aliphatic carbocycles. The molecule has 0 saturated carbocycles. The summed E-state index contributed by atoms with van der Waals surface area (Å²) in [5.41, 5.74) is 0.140. The molecular weight excluding hydrogens is 274 g/mol. The number of aromatic hydroxyl groups is 1. The molecule has 1 fully saturated rings. The van der Waals surface area contributed by atoms with Gasteiger partial charge in [0.25, 0.3) is 0 Å². The van der Waals surface area contributed by atoms with Gasteiger partial charge in [-0.2, -0.15) is 0 Å². The second kappa shape index (κ2) is 6.58. The van der Waals surface area contributed by atoms with Crippen molar-refractivity contribution in [3.05, 3.63) is 23.8 Å². The highest BCUT2D eigenvalue weighted by Gasteiger charge is 2.27. The van der Waals surface area contributed by atoms with Crippen molar-refractivity contribution in [1.82, 2.24) is 0 Å². The van der Waals surface area contributed by atoms with Crippen LogP contribution in [-0.4, -0.2) is 34.8 Å². The van der Waals surface area contributed by atoms with E-state index in [0.29, 0.717) is 25.1 Å². The van der Waals surface area contributed by atoms with E-state index >= 15 is 0 Å². The molecule has 2 atom stereocenters. The molecule has 114 valence electrons. The number of carbonyl (C=O) groups excluding carboxylic acids is 1. The molecule has 3 N–H and O–H groups in total. The average Bonchev–Trinajstić information content (AvgIpc) is 2.49. The van der Waals surface area contributed by atoms with E-state index < -0.39 is 5.97 Å². The number of carboxylic acid groups (broad SMARTS) is 1. The summed E-state index contributed by atoms with van der Waals surface area (Å²) in [6.07, 6.45) is 2.30. The fourth-order valence-electron chi connectivity index (χ4n) is 2.43. The number of nitrogens with one attached hydrogen (secondary N) is 1. The zero-order chi connectivity index (χ0) is 15.4. The Morgan fingerprint density at radius 2 is 2.19 bits per heavy atom. The van der Waals surface area contributed by atoms with Gasteiger partial charge >= 0.3 is 5.97 Å². The Morgan fingerprint density at radius 1 is 1.43 bits per heavy atom. The molecule has 1 aromatic carbocycles. The van der Waals surface area contributed by atoms with E-state index in [-0.39, 0.29) is 29.2 Å². The molecule has 0 bridgehead atoms. The van der Waals surface area contributed by atoms with E-state index in [9.17, 15) is 14.7 Å². The molecule has 2 unspecified atom stereocenters. The molecule has 6 heteroatoms. The number of amides is 1. The van der Waals surface area contributed by atoms with Gasteiger partial charge in [0.15, 0.2) is 0 Å². The number of benzene rings is 1.